The van der Waals surface area contributed by atoms with E-state index in [1.165, 1.54) is 0 Å². The molecule has 100 valence electrons. The first-order chi connectivity index (χ1) is 8.88. The van der Waals surface area contributed by atoms with E-state index in [1.807, 2.05) is 18.2 Å². The van der Waals surface area contributed by atoms with Crippen molar-refractivity contribution in [2.75, 3.05) is 0 Å². The molecule has 0 fully saturated rings. The number of hydrogen-bond donors (Lipinski definition) is 1. The second-order valence-corrected chi connectivity index (χ2v) is 5.97. The monoisotopic (exact) mass is 314 g/mol. The summed E-state index contributed by atoms with van der Waals surface area (Å²) in [6.45, 7) is 1.75. The molecule has 1 atom stereocenters. The van der Waals surface area contributed by atoms with Crippen molar-refractivity contribution < 1.29 is 5.11 Å². The standard InChI is InChI=1S/C15H13Cl3O/c1-15(19,11-3-6-12(16)7-4-11)9-10-2-5-13(17)8-14(10)18/h2-8,19H,9H2,1H3. The van der Waals surface area contributed by atoms with E-state index >= 15 is 0 Å². The lowest BCUT2D eigenvalue weighted by Crippen LogP contribution is -2.24. The average Bonchev–Trinajstić information content (AvgIpc) is 2.33. The summed E-state index contributed by atoms with van der Waals surface area (Å²) in [5.74, 6) is 0. The third-order valence-corrected chi connectivity index (χ3v) is 3.85. The van der Waals surface area contributed by atoms with Gasteiger partial charge in [0.1, 0.15) is 0 Å². The van der Waals surface area contributed by atoms with E-state index in [1.54, 1.807) is 31.2 Å². The van der Waals surface area contributed by atoms with Crippen LogP contribution in [0.1, 0.15) is 18.1 Å². The molecule has 0 aromatic heterocycles. The molecule has 0 bridgehead atoms. The normalized spacial score (nSPS) is 14.2. The van der Waals surface area contributed by atoms with Crippen molar-refractivity contribution in [2.45, 2.75) is 18.9 Å². The van der Waals surface area contributed by atoms with Crippen LogP contribution in [-0.4, -0.2) is 5.11 Å². The van der Waals surface area contributed by atoms with Gasteiger partial charge in [0, 0.05) is 21.5 Å². The molecule has 0 amide bonds. The number of benzene rings is 2. The zero-order valence-electron chi connectivity index (χ0n) is 10.3. The predicted molar refractivity (Wildman–Crippen MR) is 81.2 cm³/mol. The molecule has 4 heteroatoms. The maximum absolute atomic E-state index is 10.6. The molecule has 19 heavy (non-hydrogen) atoms. The van der Waals surface area contributed by atoms with E-state index in [2.05, 4.69) is 0 Å². The van der Waals surface area contributed by atoms with E-state index in [9.17, 15) is 5.11 Å². The summed E-state index contributed by atoms with van der Waals surface area (Å²) in [4.78, 5) is 0. The Hall–Kier alpha value is -0.730. The molecule has 0 radical (unpaired) electrons. The Morgan fingerprint density at radius 2 is 1.53 bits per heavy atom. The van der Waals surface area contributed by atoms with E-state index in [-0.39, 0.29) is 0 Å². The Morgan fingerprint density at radius 1 is 0.947 bits per heavy atom. The summed E-state index contributed by atoms with van der Waals surface area (Å²) in [6.07, 6.45) is 0.407. The van der Waals surface area contributed by atoms with E-state index in [4.69, 9.17) is 34.8 Å². The molecule has 2 aromatic carbocycles. The van der Waals surface area contributed by atoms with Crippen molar-refractivity contribution in [1.82, 2.24) is 0 Å². The fourth-order valence-electron chi connectivity index (χ4n) is 1.95. The first-order valence-corrected chi connectivity index (χ1v) is 6.94. The van der Waals surface area contributed by atoms with Gasteiger partial charge in [0.15, 0.2) is 0 Å². The predicted octanol–water partition coefficient (Wildman–Crippen LogP) is 5.10. The lowest BCUT2D eigenvalue weighted by atomic mass is 9.89. The summed E-state index contributed by atoms with van der Waals surface area (Å²) in [7, 11) is 0. The van der Waals surface area contributed by atoms with Crippen LogP contribution >= 0.6 is 34.8 Å². The third kappa shape index (κ3) is 3.64. The molecule has 0 heterocycles. The molecule has 2 rings (SSSR count). The smallest absolute Gasteiger partial charge is 0.0909 e. The maximum Gasteiger partial charge on any atom is 0.0909 e. The lowest BCUT2D eigenvalue weighted by molar-refractivity contribution is 0.0576. The summed E-state index contributed by atoms with van der Waals surface area (Å²) in [5, 5.41) is 12.4. The van der Waals surface area contributed by atoms with Crippen LogP contribution in [0.2, 0.25) is 15.1 Å². The van der Waals surface area contributed by atoms with Gasteiger partial charge in [-0.05, 0) is 42.3 Å². The van der Waals surface area contributed by atoms with E-state index < -0.39 is 5.60 Å². The van der Waals surface area contributed by atoms with Crippen LogP contribution in [0.3, 0.4) is 0 Å². The molecule has 0 spiro atoms. The highest BCUT2D eigenvalue weighted by atomic mass is 35.5. The van der Waals surface area contributed by atoms with Gasteiger partial charge in [-0.15, -0.1) is 0 Å². The minimum absolute atomic E-state index is 0.407. The Kier molecular flexibility index (Phi) is 4.42. The first kappa shape index (κ1) is 14.7. The Balaban J connectivity index is 2.27. The fraction of sp³-hybridized carbons (Fsp3) is 0.200. The van der Waals surface area contributed by atoms with Gasteiger partial charge in [0.25, 0.3) is 0 Å². The number of hydrogen-bond acceptors (Lipinski definition) is 1. The summed E-state index contributed by atoms with van der Waals surface area (Å²) < 4.78 is 0. The molecule has 0 aliphatic carbocycles. The van der Waals surface area contributed by atoms with Crippen LogP contribution in [0.15, 0.2) is 42.5 Å². The molecular formula is C15H13Cl3O. The van der Waals surface area contributed by atoms with Crippen LogP contribution in [0.4, 0.5) is 0 Å². The topological polar surface area (TPSA) is 20.2 Å². The summed E-state index contributed by atoms with van der Waals surface area (Å²) in [5.41, 5.74) is 0.635. The molecule has 1 N–H and O–H groups in total. The Labute approximate surface area is 127 Å². The number of rotatable bonds is 3. The highest BCUT2D eigenvalue weighted by molar-refractivity contribution is 6.35. The molecule has 0 aliphatic rings. The van der Waals surface area contributed by atoms with E-state index in [0.717, 1.165) is 11.1 Å². The van der Waals surface area contributed by atoms with Gasteiger partial charge in [-0.2, -0.15) is 0 Å². The van der Waals surface area contributed by atoms with Gasteiger partial charge in [-0.3, -0.25) is 0 Å². The minimum atomic E-state index is -1.01. The molecule has 1 nitrogen and oxygen atoms in total. The first-order valence-electron chi connectivity index (χ1n) is 5.81. The van der Waals surface area contributed by atoms with Gasteiger partial charge in [-0.25, -0.2) is 0 Å². The van der Waals surface area contributed by atoms with Crippen LogP contribution in [0, 0.1) is 0 Å². The van der Waals surface area contributed by atoms with Crippen LogP contribution in [-0.2, 0) is 12.0 Å². The van der Waals surface area contributed by atoms with Crippen LogP contribution < -0.4 is 0 Å². The highest BCUT2D eigenvalue weighted by Crippen LogP contribution is 2.30. The lowest BCUT2D eigenvalue weighted by Gasteiger charge is -2.24. The summed E-state index contributed by atoms with van der Waals surface area (Å²) >= 11 is 17.8. The van der Waals surface area contributed by atoms with Gasteiger partial charge in [0.2, 0.25) is 0 Å². The fourth-order valence-corrected chi connectivity index (χ4v) is 2.55. The highest BCUT2D eigenvalue weighted by Gasteiger charge is 2.24. The van der Waals surface area contributed by atoms with Crippen molar-refractivity contribution in [1.29, 1.82) is 0 Å². The van der Waals surface area contributed by atoms with Gasteiger partial charge < -0.3 is 5.11 Å². The SMILES string of the molecule is CC(O)(Cc1ccc(Cl)cc1Cl)c1ccc(Cl)cc1. The Bertz CT molecular complexity index is 576. The zero-order chi connectivity index (χ0) is 14.0. The molecule has 0 saturated carbocycles. The van der Waals surface area contributed by atoms with Crippen molar-refractivity contribution in [3.8, 4) is 0 Å². The molecule has 1 unspecified atom stereocenters. The van der Waals surface area contributed by atoms with Gasteiger partial charge in [-0.1, -0.05) is 53.0 Å². The quantitative estimate of drug-likeness (QED) is 0.835. The van der Waals surface area contributed by atoms with Gasteiger partial charge in [0.05, 0.1) is 5.60 Å². The largest absolute Gasteiger partial charge is 0.385 e. The van der Waals surface area contributed by atoms with Crippen LogP contribution in [0.5, 0.6) is 0 Å². The van der Waals surface area contributed by atoms with Crippen molar-refractivity contribution in [2.24, 2.45) is 0 Å². The minimum Gasteiger partial charge on any atom is -0.385 e. The molecule has 2 aromatic rings. The van der Waals surface area contributed by atoms with Crippen molar-refractivity contribution in [3.63, 3.8) is 0 Å². The van der Waals surface area contributed by atoms with Crippen molar-refractivity contribution in [3.05, 3.63) is 68.7 Å². The summed E-state index contributed by atoms with van der Waals surface area (Å²) in [6, 6.07) is 12.4. The second kappa shape index (κ2) is 5.72. The average molecular weight is 316 g/mol. The third-order valence-electron chi connectivity index (χ3n) is 3.02. The number of aliphatic hydroxyl groups is 1. The van der Waals surface area contributed by atoms with E-state index in [0.29, 0.717) is 21.5 Å². The zero-order valence-corrected chi connectivity index (χ0v) is 12.6. The van der Waals surface area contributed by atoms with Crippen LogP contribution in [0.25, 0.3) is 0 Å². The van der Waals surface area contributed by atoms with Crippen molar-refractivity contribution >= 4 is 34.8 Å². The van der Waals surface area contributed by atoms with Gasteiger partial charge >= 0.3 is 0 Å². The Morgan fingerprint density at radius 3 is 2.11 bits per heavy atom. The molecular weight excluding hydrogens is 303 g/mol. The molecule has 0 aliphatic heterocycles. The maximum atomic E-state index is 10.6. The molecule has 0 saturated heterocycles. The second-order valence-electron chi connectivity index (χ2n) is 4.69. The number of halogens is 3.